The van der Waals surface area contributed by atoms with Gasteiger partial charge in [0.15, 0.2) is 0 Å². The van der Waals surface area contributed by atoms with Crippen LogP contribution >= 0.6 is 0 Å². The molecule has 0 amide bonds. The van der Waals surface area contributed by atoms with Crippen molar-refractivity contribution in [2.45, 2.75) is 116 Å². The Morgan fingerprint density at radius 2 is 0.773 bits per heavy atom. The van der Waals surface area contributed by atoms with Crippen LogP contribution in [0.4, 0.5) is 5.69 Å². The maximum Gasteiger partial charge on any atom is 0.0938 e. The van der Waals surface area contributed by atoms with E-state index in [1.54, 1.807) is 0 Å². The van der Waals surface area contributed by atoms with E-state index in [2.05, 4.69) is 258 Å². The smallest absolute Gasteiger partial charge is 0.0938 e. The molecule has 1 aromatic heterocycles. The van der Waals surface area contributed by atoms with Crippen molar-refractivity contribution in [2.24, 2.45) is 0 Å². The molecule has 334 valence electrons. The highest BCUT2D eigenvalue weighted by Crippen LogP contribution is 2.60. The maximum atomic E-state index is 6.30. The molecule has 0 saturated carbocycles. The Bertz CT molecular complexity index is 2940. The topological polar surface area (TPSA) is 19.4 Å². The summed E-state index contributed by atoms with van der Waals surface area (Å²) in [6.45, 7) is 28.8. The summed E-state index contributed by atoms with van der Waals surface area (Å²) >= 11 is 0. The van der Waals surface area contributed by atoms with E-state index in [4.69, 9.17) is 4.98 Å². The lowest BCUT2D eigenvalue weighted by atomic mass is 9.66. The molecule has 6 aromatic carbocycles. The fraction of sp³-hybridized carbons (Fsp3) is 0.317. The summed E-state index contributed by atoms with van der Waals surface area (Å²) in [7, 11) is 2.14. The van der Waals surface area contributed by atoms with Crippen molar-refractivity contribution in [1.82, 2.24) is 9.88 Å². The number of rotatable bonds is 5. The van der Waals surface area contributed by atoms with Crippen LogP contribution in [0.25, 0.3) is 22.3 Å². The van der Waals surface area contributed by atoms with Gasteiger partial charge in [0.25, 0.3) is 0 Å². The van der Waals surface area contributed by atoms with E-state index in [1.165, 1.54) is 83.6 Å². The van der Waals surface area contributed by atoms with Crippen molar-refractivity contribution in [3.05, 3.63) is 225 Å². The van der Waals surface area contributed by atoms with Crippen LogP contribution in [0.2, 0.25) is 0 Å². The molecule has 0 atom stereocenters. The number of hydrogen-bond acceptors (Lipinski definition) is 3. The molecular formula is C63H67N3. The number of aromatic nitrogens is 1. The molecule has 3 heteroatoms. The van der Waals surface area contributed by atoms with Gasteiger partial charge in [-0.25, -0.2) is 0 Å². The largest absolute Gasteiger partial charge is 0.361 e. The molecule has 3 aliphatic rings. The first kappa shape index (κ1) is 43.7. The van der Waals surface area contributed by atoms with Gasteiger partial charge in [0.1, 0.15) is 0 Å². The first-order valence-electron chi connectivity index (χ1n) is 24.0. The fourth-order valence-corrected chi connectivity index (χ4v) is 11.1. The first-order chi connectivity index (χ1) is 31.1. The van der Waals surface area contributed by atoms with E-state index in [1.807, 2.05) is 0 Å². The molecule has 0 bridgehead atoms. The Morgan fingerprint density at radius 3 is 1.15 bits per heavy atom. The SMILES string of the molecule is CN1C=CN(c2cccc(C3(c4cccc(C5(c6ccccc6)c6cc(C(C)(C)C)ccc6-c6ccc(C(C)(C)C)cc65)n4)c4cc(C(C)(C)C)ccc4-c4ccc(C(C)(C)C)cc43)c2)C1. The van der Waals surface area contributed by atoms with Gasteiger partial charge in [0.2, 0.25) is 0 Å². The maximum absolute atomic E-state index is 6.30. The third-order valence-electron chi connectivity index (χ3n) is 15.0. The van der Waals surface area contributed by atoms with Gasteiger partial charge >= 0.3 is 0 Å². The zero-order chi connectivity index (χ0) is 46.8. The molecule has 0 spiro atoms. The highest BCUT2D eigenvalue weighted by atomic mass is 15.3. The average Bonchev–Trinajstić information content (AvgIpc) is 3.94. The lowest BCUT2D eigenvalue weighted by Crippen LogP contribution is -2.35. The summed E-state index contributed by atoms with van der Waals surface area (Å²) in [6, 6.07) is 56.6. The summed E-state index contributed by atoms with van der Waals surface area (Å²) < 4.78 is 0. The second-order valence-electron chi connectivity index (χ2n) is 23.5. The zero-order valence-electron chi connectivity index (χ0n) is 41.6. The predicted octanol–water partition coefficient (Wildman–Crippen LogP) is 15.2. The monoisotopic (exact) mass is 866 g/mol. The Labute approximate surface area is 395 Å². The molecule has 10 rings (SSSR count). The highest BCUT2D eigenvalue weighted by Gasteiger charge is 2.52. The average molecular weight is 866 g/mol. The van der Waals surface area contributed by atoms with Gasteiger partial charge in [-0.3, -0.25) is 4.98 Å². The van der Waals surface area contributed by atoms with Crippen molar-refractivity contribution in [3.63, 3.8) is 0 Å². The zero-order valence-corrected chi connectivity index (χ0v) is 41.6. The van der Waals surface area contributed by atoms with Crippen molar-refractivity contribution < 1.29 is 0 Å². The van der Waals surface area contributed by atoms with E-state index in [-0.39, 0.29) is 21.7 Å². The van der Waals surface area contributed by atoms with E-state index in [9.17, 15) is 0 Å². The number of hydrogen-bond donors (Lipinski definition) is 0. The van der Waals surface area contributed by atoms with Gasteiger partial charge in [-0.1, -0.05) is 204 Å². The number of pyridine rings is 1. The third kappa shape index (κ3) is 6.71. The lowest BCUT2D eigenvalue weighted by Gasteiger charge is -2.38. The third-order valence-corrected chi connectivity index (χ3v) is 15.0. The minimum Gasteiger partial charge on any atom is -0.361 e. The Hall–Kier alpha value is -6.19. The molecule has 0 saturated heterocycles. The van der Waals surface area contributed by atoms with Crippen LogP contribution in [0.1, 0.15) is 150 Å². The fourth-order valence-electron chi connectivity index (χ4n) is 11.1. The van der Waals surface area contributed by atoms with Gasteiger partial charge < -0.3 is 9.80 Å². The van der Waals surface area contributed by atoms with E-state index in [0.29, 0.717) is 0 Å². The van der Waals surface area contributed by atoms with Gasteiger partial charge in [-0.15, -0.1) is 0 Å². The minimum absolute atomic E-state index is 0.0563. The molecule has 1 aliphatic heterocycles. The van der Waals surface area contributed by atoms with E-state index in [0.717, 1.165) is 18.1 Å². The molecule has 0 N–H and O–H groups in total. The van der Waals surface area contributed by atoms with Gasteiger partial charge in [0.05, 0.1) is 28.9 Å². The van der Waals surface area contributed by atoms with Crippen LogP contribution in [0.5, 0.6) is 0 Å². The van der Waals surface area contributed by atoms with Gasteiger partial charge in [-0.05, 0) is 124 Å². The first-order valence-corrected chi connectivity index (χ1v) is 24.0. The van der Waals surface area contributed by atoms with E-state index >= 15 is 0 Å². The Balaban J connectivity index is 1.36. The molecule has 2 heterocycles. The lowest BCUT2D eigenvalue weighted by molar-refractivity contribution is 0.495. The summed E-state index contributed by atoms with van der Waals surface area (Å²) in [4.78, 5) is 10.9. The van der Waals surface area contributed by atoms with Crippen LogP contribution < -0.4 is 4.90 Å². The van der Waals surface area contributed by atoms with Crippen molar-refractivity contribution in [1.29, 1.82) is 0 Å². The van der Waals surface area contributed by atoms with Gasteiger partial charge in [0, 0.05) is 25.1 Å². The second-order valence-corrected chi connectivity index (χ2v) is 23.5. The highest BCUT2D eigenvalue weighted by molar-refractivity contribution is 5.89. The quantitative estimate of drug-likeness (QED) is 0.172. The van der Waals surface area contributed by atoms with Crippen molar-refractivity contribution in [2.75, 3.05) is 18.6 Å². The number of fused-ring (bicyclic) bond motifs is 6. The number of nitrogens with zero attached hydrogens (tertiary/aromatic N) is 3. The summed E-state index contributed by atoms with van der Waals surface area (Å²) in [6.07, 6.45) is 4.36. The molecular weight excluding hydrogens is 799 g/mol. The second kappa shape index (κ2) is 14.9. The van der Waals surface area contributed by atoms with Gasteiger partial charge in [-0.2, -0.15) is 0 Å². The van der Waals surface area contributed by atoms with Crippen LogP contribution in [-0.4, -0.2) is 23.6 Å². The Kier molecular flexibility index (Phi) is 9.87. The molecule has 0 radical (unpaired) electrons. The Morgan fingerprint density at radius 1 is 0.394 bits per heavy atom. The molecule has 0 fully saturated rings. The number of anilines is 1. The van der Waals surface area contributed by atoms with Crippen LogP contribution in [-0.2, 0) is 32.5 Å². The van der Waals surface area contributed by atoms with Crippen molar-refractivity contribution >= 4 is 5.69 Å². The molecule has 2 aliphatic carbocycles. The normalized spacial score (nSPS) is 16.0. The standard InChI is InChI=1S/C63H67N3/c1-58(2,3)42-25-29-48-49-30-26-43(59(4,5)6)37-53(49)62(52(48)36-42,41-19-15-14-16-20-41)56-23-18-24-57(64-56)63(46-21-17-22-47(35-46)66-34-33-65(13)40-66)54-38-44(60(7,8)9)27-31-50(54)51-32-28-45(39-55(51)63)61(10,11)12/h14-39H,40H2,1-13H3. The van der Waals surface area contributed by atoms with E-state index < -0.39 is 10.8 Å². The summed E-state index contributed by atoms with van der Waals surface area (Å²) in [5, 5.41) is 0. The van der Waals surface area contributed by atoms with Crippen molar-refractivity contribution in [3.8, 4) is 22.3 Å². The van der Waals surface area contributed by atoms with Crippen LogP contribution in [0.15, 0.2) is 158 Å². The van der Waals surface area contributed by atoms with Crippen LogP contribution in [0, 0.1) is 0 Å². The molecule has 0 unspecified atom stereocenters. The van der Waals surface area contributed by atoms with Crippen LogP contribution in [0.3, 0.4) is 0 Å². The minimum atomic E-state index is -0.753. The molecule has 66 heavy (non-hydrogen) atoms. The summed E-state index contributed by atoms with van der Waals surface area (Å²) in [5.41, 5.74) is 19.5. The predicted molar refractivity (Wildman–Crippen MR) is 278 cm³/mol. The summed E-state index contributed by atoms with van der Waals surface area (Å²) in [5.74, 6) is 0. The molecule has 3 nitrogen and oxygen atoms in total. The number of benzene rings is 6. The molecule has 7 aromatic rings.